The fourth-order valence-electron chi connectivity index (χ4n) is 4.87. The first-order valence-corrected chi connectivity index (χ1v) is 13.1. The van der Waals surface area contributed by atoms with Crippen LogP contribution in [-0.2, 0) is 14.8 Å². The van der Waals surface area contributed by atoms with Crippen molar-refractivity contribution in [3.8, 4) is 0 Å². The number of rotatable bonds is 5. The summed E-state index contributed by atoms with van der Waals surface area (Å²) in [5, 5.41) is 11.0. The van der Waals surface area contributed by atoms with E-state index in [9.17, 15) is 22.7 Å². The Labute approximate surface area is 190 Å². The van der Waals surface area contributed by atoms with E-state index >= 15 is 0 Å². The lowest BCUT2D eigenvalue weighted by Crippen LogP contribution is -2.48. The lowest BCUT2D eigenvalue weighted by Gasteiger charge is -2.37. The molecule has 1 aromatic carbocycles. The molecule has 1 N–H and O–H groups in total. The zero-order valence-corrected chi connectivity index (χ0v) is 20.1. The maximum atomic E-state index is 13.7. The molecule has 0 saturated carbocycles. The fraction of sp³-hybridized carbons (Fsp3) is 0.696. The molecule has 2 aliphatic rings. The number of sulfonamides is 1. The number of hydrogen-bond acceptors (Lipinski definition) is 5. The van der Waals surface area contributed by atoms with E-state index < -0.39 is 39.7 Å². The molecule has 32 heavy (non-hydrogen) atoms. The first kappa shape index (κ1) is 24.9. The number of hydrogen-bond donors (Lipinski definition) is 1. The first-order valence-electron chi connectivity index (χ1n) is 11.2. The molecule has 9 heteroatoms. The van der Waals surface area contributed by atoms with Gasteiger partial charge in [0.2, 0.25) is 10.0 Å². The molecule has 1 amide bonds. The molecule has 1 aromatic rings. The highest BCUT2D eigenvalue weighted by atomic mass is 32.2. The summed E-state index contributed by atoms with van der Waals surface area (Å²) < 4.78 is 44.9. The molecule has 0 aromatic heterocycles. The predicted molar refractivity (Wildman–Crippen MR) is 120 cm³/mol. The molecule has 7 nitrogen and oxygen atoms in total. The van der Waals surface area contributed by atoms with Gasteiger partial charge in [-0.3, -0.25) is 4.90 Å². The molecule has 4 atom stereocenters. The summed E-state index contributed by atoms with van der Waals surface area (Å²) in [5.74, 6) is -0.318. The minimum Gasteiger partial charge on any atom is -0.444 e. The number of nitrogens with zero attached hydrogens (tertiary/aromatic N) is 2. The van der Waals surface area contributed by atoms with Crippen LogP contribution in [0.4, 0.5) is 9.18 Å². The van der Waals surface area contributed by atoms with Crippen molar-refractivity contribution in [2.24, 2.45) is 5.92 Å². The highest BCUT2D eigenvalue weighted by molar-refractivity contribution is 7.88. The first-order chi connectivity index (χ1) is 14.8. The number of aliphatic hydroxyl groups excluding tert-OH is 1. The third-order valence-corrected chi connectivity index (χ3v) is 7.53. The number of benzene rings is 1. The molecule has 2 aliphatic heterocycles. The Hall–Kier alpha value is -1.71. The fourth-order valence-corrected chi connectivity index (χ4v) is 5.81. The number of carbonyl (C=O) groups is 1. The standard InChI is InChI=1S/C23H35FN2O5S/c1-23(2,3)31-22(28)26-19(13-16-7-6-12-25(15-16)32(4,29)30)10-11-20(26)21(27)17-8-5-9-18(24)14-17/h5,8-9,14,16,19-21,27H,6-7,10-13,15H2,1-4H3/t16-,19+,20-,21-/m1/s1. The van der Waals surface area contributed by atoms with Crippen LogP contribution in [0.1, 0.15) is 64.5 Å². The van der Waals surface area contributed by atoms with Crippen molar-refractivity contribution >= 4 is 16.1 Å². The number of likely N-dealkylation sites (tertiary alicyclic amines) is 1. The topological polar surface area (TPSA) is 87.2 Å². The smallest absolute Gasteiger partial charge is 0.410 e. The zero-order valence-electron chi connectivity index (χ0n) is 19.3. The molecule has 2 fully saturated rings. The average Bonchev–Trinajstić information content (AvgIpc) is 3.09. The maximum absolute atomic E-state index is 13.7. The van der Waals surface area contributed by atoms with Crippen LogP contribution < -0.4 is 0 Å². The minimum atomic E-state index is -3.26. The third kappa shape index (κ3) is 6.20. The second-order valence-corrected chi connectivity index (χ2v) is 12.0. The Morgan fingerprint density at radius 3 is 2.62 bits per heavy atom. The summed E-state index contributed by atoms with van der Waals surface area (Å²) in [7, 11) is -3.26. The Bertz CT molecular complexity index is 917. The van der Waals surface area contributed by atoms with Gasteiger partial charge in [0.05, 0.1) is 18.4 Å². The number of aliphatic hydroxyl groups is 1. The number of amides is 1. The van der Waals surface area contributed by atoms with Crippen LogP contribution >= 0.6 is 0 Å². The lowest BCUT2D eigenvalue weighted by molar-refractivity contribution is -0.00757. The Morgan fingerprint density at radius 1 is 1.28 bits per heavy atom. The van der Waals surface area contributed by atoms with Crippen molar-refractivity contribution in [3.05, 3.63) is 35.6 Å². The summed E-state index contributed by atoms with van der Waals surface area (Å²) in [6, 6.07) is 5.08. The highest BCUT2D eigenvalue weighted by Gasteiger charge is 2.44. The summed E-state index contributed by atoms with van der Waals surface area (Å²) in [6.07, 6.45) is 3.23. The van der Waals surface area contributed by atoms with Gasteiger partial charge < -0.3 is 9.84 Å². The van der Waals surface area contributed by atoms with Gasteiger partial charge >= 0.3 is 6.09 Å². The second-order valence-electron chi connectivity index (χ2n) is 10.1. The van der Waals surface area contributed by atoms with E-state index in [1.54, 1.807) is 37.8 Å². The molecule has 180 valence electrons. The summed E-state index contributed by atoms with van der Waals surface area (Å²) in [6.45, 7) is 6.34. The van der Waals surface area contributed by atoms with E-state index in [1.165, 1.54) is 22.7 Å². The molecular formula is C23H35FN2O5S. The van der Waals surface area contributed by atoms with Gasteiger partial charge in [0.15, 0.2) is 0 Å². The molecule has 0 aliphatic carbocycles. The largest absolute Gasteiger partial charge is 0.444 e. The Balaban J connectivity index is 1.81. The van der Waals surface area contributed by atoms with Crippen LogP contribution in [0.25, 0.3) is 0 Å². The predicted octanol–water partition coefficient (Wildman–Crippen LogP) is 3.69. The lowest BCUT2D eigenvalue weighted by atomic mass is 9.91. The number of piperidine rings is 1. The quantitative estimate of drug-likeness (QED) is 0.709. The van der Waals surface area contributed by atoms with Crippen LogP contribution in [0.5, 0.6) is 0 Å². The second kappa shape index (κ2) is 9.65. The van der Waals surface area contributed by atoms with E-state index in [2.05, 4.69) is 0 Å². The molecule has 0 radical (unpaired) electrons. The summed E-state index contributed by atoms with van der Waals surface area (Å²) in [4.78, 5) is 14.8. The number of carbonyl (C=O) groups excluding carboxylic acids is 1. The van der Waals surface area contributed by atoms with Crippen molar-refractivity contribution in [2.45, 2.75) is 76.7 Å². The van der Waals surface area contributed by atoms with Crippen LogP contribution in [-0.4, -0.2) is 65.9 Å². The zero-order chi connectivity index (χ0) is 23.7. The van der Waals surface area contributed by atoms with Gasteiger partial charge in [0.25, 0.3) is 0 Å². The molecule has 0 bridgehead atoms. The molecule has 0 unspecified atom stereocenters. The minimum absolute atomic E-state index is 0.124. The van der Waals surface area contributed by atoms with E-state index in [1.807, 2.05) is 0 Å². The van der Waals surface area contributed by atoms with Crippen LogP contribution in [0, 0.1) is 11.7 Å². The van der Waals surface area contributed by atoms with E-state index in [0.29, 0.717) is 37.9 Å². The van der Waals surface area contributed by atoms with Crippen molar-refractivity contribution in [2.75, 3.05) is 19.3 Å². The van der Waals surface area contributed by atoms with Crippen LogP contribution in [0.15, 0.2) is 24.3 Å². The van der Waals surface area contributed by atoms with Gasteiger partial charge in [-0.25, -0.2) is 21.9 Å². The molecular weight excluding hydrogens is 435 g/mol. The van der Waals surface area contributed by atoms with Crippen molar-refractivity contribution in [1.82, 2.24) is 9.21 Å². The van der Waals surface area contributed by atoms with Crippen LogP contribution in [0.2, 0.25) is 0 Å². The Morgan fingerprint density at radius 2 is 2.00 bits per heavy atom. The Kier molecular flexibility index (Phi) is 7.51. The van der Waals surface area contributed by atoms with Crippen molar-refractivity contribution in [1.29, 1.82) is 0 Å². The summed E-state index contributed by atoms with van der Waals surface area (Å²) >= 11 is 0. The molecule has 0 spiro atoms. The van der Waals surface area contributed by atoms with Crippen LogP contribution in [0.3, 0.4) is 0 Å². The van der Waals surface area contributed by atoms with Gasteiger partial charge in [0.1, 0.15) is 11.4 Å². The van der Waals surface area contributed by atoms with E-state index in [0.717, 1.165) is 12.8 Å². The van der Waals surface area contributed by atoms with E-state index in [-0.39, 0.29) is 12.0 Å². The third-order valence-electron chi connectivity index (χ3n) is 6.26. The highest BCUT2D eigenvalue weighted by Crippen LogP contribution is 2.38. The molecule has 2 saturated heterocycles. The molecule has 2 heterocycles. The van der Waals surface area contributed by atoms with Gasteiger partial charge in [0, 0.05) is 19.1 Å². The number of ether oxygens (including phenoxy) is 1. The van der Waals surface area contributed by atoms with Gasteiger partial charge in [-0.05, 0) is 76.5 Å². The van der Waals surface area contributed by atoms with Gasteiger partial charge in [-0.2, -0.15) is 0 Å². The monoisotopic (exact) mass is 470 g/mol. The van der Waals surface area contributed by atoms with E-state index in [4.69, 9.17) is 4.74 Å². The molecule has 3 rings (SSSR count). The normalized spacial score (nSPS) is 26.2. The summed E-state index contributed by atoms with van der Waals surface area (Å²) in [5.41, 5.74) is -0.276. The maximum Gasteiger partial charge on any atom is 0.410 e. The van der Waals surface area contributed by atoms with Gasteiger partial charge in [-0.15, -0.1) is 0 Å². The SMILES string of the molecule is CC(C)(C)OC(=O)N1[C@H](C[C@H]2CCCN(S(C)(=O)=O)C2)CC[C@@H]1[C@H](O)c1cccc(F)c1. The van der Waals surface area contributed by atoms with Crippen molar-refractivity contribution in [3.63, 3.8) is 0 Å². The van der Waals surface area contributed by atoms with Crippen molar-refractivity contribution < 1.29 is 27.4 Å². The average molecular weight is 471 g/mol. The number of halogens is 1. The van der Waals surface area contributed by atoms with Gasteiger partial charge in [-0.1, -0.05) is 12.1 Å².